The van der Waals surface area contributed by atoms with Crippen LogP contribution in [-0.4, -0.2) is 25.0 Å². The second-order valence-electron chi connectivity index (χ2n) is 6.17. The van der Waals surface area contributed by atoms with E-state index in [4.69, 9.17) is 0 Å². The highest BCUT2D eigenvalue weighted by Crippen LogP contribution is 2.31. The lowest BCUT2D eigenvalue weighted by molar-refractivity contribution is -0.137. The highest BCUT2D eigenvalue weighted by molar-refractivity contribution is 5.95. The first-order valence-corrected chi connectivity index (χ1v) is 6.99. The molecule has 1 amide bonds. The highest BCUT2D eigenvalue weighted by Gasteiger charge is 2.35. The molecule has 1 aromatic carbocycles. The number of amides is 1. The van der Waals surface area contributed by atoms with Gasteiger partial charge in [0.2, 0.25) is 0 Å². The Hall–Kier alpha value is -1.63. The standard InChI is InChI=1S/C15H18F4N2O/c1-14(2)8-20-6-5-12(14)21-13(22)10-7-9(15(17,18)19)3-4-11(10)16/h3-4,7,12,20H,5-6,8H2,1-2H3,(H,21,22). The van der Waals surface area contributed by atoms with E-state index in [0.717, 1.165) is 0 Å². The number of rotatable bonds is 2. The molecule has 3 nitrogen and oxygen atoms in total. The van der Waals surface area contributed by atoms with Crippen molar-refractivity contribution < 1.29 is 22.4 Å². The second kappa shape index (κ2) is 5.87. The molecule has 1 aromatic rings. The zero-order valence-corrected chi connectivity index (χ0v) is 12.4. The number of halogens is 4. The predicted octanol–water partition coefficient (Wildman–Crippen LogP) is 2.96. The van der Waals surface area contributed by atoms with Crippen LogP contribution in [0.3, 0.4) is 0 Å². The first kappa shape index (κ1) is 16.7. The van der Waals surface area contributed by atoms with E-state index in [-0.39, 0.29) is 11.5 Å². The number of alkyl halides is 3. The van der Waals surface area contributed by atoms with E-state index in [1.54, 1.807) is 0 Å². The Morgan fingerprint density at radius 2 is 2.05 bits per heavy atom. The summed E-state index contributed by atoms with van der Waals surface area (Å²) in [6, 6.07) is 1.63. The van der Waals surface area contributed by atoms with Crippen LogP contribution in [0.2, 0.25) is 0 Å². The van der Waals surface area contributed by atoms with E-state index in [1.807, 2.05) is 13.8 Å². The molecule has 0 spiro atoms. The maximum absolute atomic E-state index is 13.7. The quantitative estimate of drug-likeness (QED) is 0.823. The van der Waals surface area contributed by atoms with Crippen LogP contribution in [0.15, 0.2) is 18.2 Å². The van der Waals surface area contributed by atoms with Crippen LogP contribution in [0.4, 0.5) is 17.6 Å². The molecule has 2 N–H and O–H groups in total. The van der Waals surface area contributed by atoms with Gasteiger partial charge < -0.3 is 10.6 Å². The van der Waals surface area contributed by atoms with Gasteiger partial charge in [-0.25, -0.2) is 4.39 Å². The average Bonchev–Trinajstić information content (AvgIpc) is 2.40. The van der Waals surface area contributed by atoms with Crippen molar-refractivity contribution in [1.29, 1.82) is 0 Å². The molecule has 0 aliphatic carbocycles. The first-order valence-electron chi connectivity index (χ1n) is 6.99. The minimum atomic E-state index is -4.61. The lowest BCUT2D eigenvalue weighted by Gasteiger charge is -2.39. The fourth-order valence-corrected chi connectivity index (χ4v) is 2.55. The molecule has 1 unspecified atom stereocenters. The monoisotopic (exact) mass is 318 g/mol. The van der Waals surface area contributed by atoms with Crippen molar-refractivity contribution >= 4 is 5.91 Å². The second-order valence-corrected chi connectivity index (χ2v) is 6.17. The molecule has 1 atom stereocenters. The molecule has 0 radical (unpaired) electrons. The normalized spacial score (nSPS) is 21.5. The molecule has 122 valence electrons. The number of benzene rings is 1. The molecular weight excluding hydrogens is 300 g/mol. The third kappa shape index (κ3) is 3.58. The topological polar surface area (TPSA) is 41.1 Å². The van der Waals surface area contributed by atoms with Crippen molar-refractivity contribution in [3.8, 4) is 0 Å². The zero-order chi connectivity index (χ0) is 16.5. The fourth-order valence-electron chi connectivity index (χ4n) is 2.55. The summed E-state index contributed by atoms with van der Waals surface area (Å²) in [6.07, 6.45) is -3.98. The summed E-state index contributed by atoms with van der Waals surface area (Å²) in [4.78, 5) is 12.2. The van der Waals surface area contributed by atoms with Crippen LogP contribution in [0.25, 0.3) is 0 Å². The van der Waals surface area contributed by atoms with Gasteiger partial charge >= 0.3 is 6.18 Å². The molecular formula is C15H18F4N2O. The van der Waals surface area contributed by atoms with E-state index >= 15 is 0 Å². The van der Waals surface area contributed by atoms with Gasteiger partial charge in [0.1, 0.15) is 5.82 Å². The molecule has 7 heteroatoms. The number of piperidine rings is 1. The fraction of sp³-hybridized carbons (Fsp3) is 0.533. The third-order valence-electron chi connectivity index (χ3n) is 3.98. The van der Waals surface area contributed by atoms with Crippen molar-refractivity contribution in [1.82, 2.24) is 10.6 Å². The minimum absolute atomic E-state index is 0.227. The summed E-state index contributed by atoms with van der Waals surface area (Å²) in [5.41, 5.74) is -1.88. The Morgan fingerprint density at radius 1 is 1.36 bits per heavy atom. The smallest absolute Gasteiger partial charge is 0.349 e. The van der Waals surface area contributed by atoms with Crippen molar-refractivity contribution in [2.75, 3.05) is 13.1 Å². The lowest BCUT2D eigenvalue weighted by atomic mass is 9.80. The molecule has 0 aromatic heterocycles. The molecule has 1 aliphatic rings. The van der Waals surface area contributed by atoms with Crippen molar-refractivity contribution in [3.05, 3.63) is 35.1 Å². The van der Waals surface area contributed by atoms with E-state index in [9.17, 15) is 22.4 Å². The Labute approximate surface area is 126 Å². The molecule has 22 heavy (non-hydrogen) atoms. The van der Waals surface area contributed by atoms with Gasteiger partial charge in [-0.2, -0.15) is 13.2 Å². The summed E-state index contributed by atoms with van der Waals surface area (Å²) < 4.78 is 51.8. The van der Waals surface area contributed by atoms with Crippen molar-refractivity contribution in [2.24, 2.45) is 5.41 Å². The Morgan fingerprint density at radius 3 is 2.64 bits per heavy atom. The SMILES string of the molecule is CC1(C)CNCCC1NC(=O)c1cc(C(F)(F)F)ccc1F. The van der Waals surface area contributed by atoms with Gasteiger partial charge in [-0.15, -0.1) is 0 Å². The van der Waals surface area contributed by atoms with Gasteiger partial charge in [0.05, 0.1) is 11.1 Å². The molecule has 1 fully saturated rings. The van der Waals surface area contributed by atoms with Crippen molar-refractivity contribution in [3.63, 3.8) is 0 Å². The van der Waals surface area contributed by atoms with Crippen LogP contribution in [0.1, 0.15) is 36.2 Å². The van der Waals surface area contributed by atoms with Gasteiger partial charge in [-0.1, -0.05) is 13.8 Å². The Balaban J connectivity index is 2.22. The van der Waals surface area contributed by atoms with E-state index < -0.39 is 29.0 Å². The zero-order valence-electron chi connectivity index (χ0n) is 12.4. The number of nitrogens with one attached hydrogen (secondary N) is 2. The third-order valence-corrected chi connectivity index (χ3v) is 3.98. The molecule has 0 saturated carbocycles. The lowest BCUT2D eigenvalue weighted by Crippen LogP contribution is -2.54. The van der Waals surface area contributed by atoms with Gasteiger partial charge in [-0.05, 0) is 36.6 Å². The van der Waals surface area contributed by atoms with E-state index in [1.165, 1.54) is 0 Å². The van der Waals surface area contributed by atoms with Gasteiger partial charge in [0.25, 0.3) is 5.91 Å². The Bertz CT molecular complexity index is 569. The van der Waals surface area contributed by atoms with Crippen LogP contribution < -0.4 is 10.6 Å². The maximum atomic E-state index is 13.7. The van der Waals surface area contributed by atoms with Crippen molar-refractivity contribution in [2.45, 2.75) is 32.5 Å². The minimum Gasteiger partial charge on any atom is -0.349 e. The Kier molecular flexibility index (Phi) is 4.47. The number of carbonyl (C=O) groups is 1. The van der Waals surface area contributed by atoms with E-state index in [2.05, 4.69) is 10.6 Å². The van der Waals surface area contributed by atoms with Crippen LogP contribution in [-0.2, 0) is 6.18 Å². The number of carbonyl (C=O) groups excluding carboxylic acids is 1. The maximum Gasteiger partial charge on any atom is 0.416 e. The molecule has 1 heterocycles. The van der Waals surface area contributed by atoms with Crippen LogP contribution in [0, 0.1) is 11.2 Å². The molecule has 2 rings (SSSR count). The highest BCUT2D eigenvalue weighted by atomic mass is 19.4. The molecule has 0 bridgehead atoms. The van der Waals surface area contributed by atoms with Gasteiger partial charge in [0.15, 0.2) is 0 Å². The van der Waals surface area contributed by atoms with Gasteiger partial charge in [-0.3, -0.25) is 4.79 Å². The van der Waals surface area contributed by atoms with Crippen LogP contribution >= 0.6 is 0 Å². The summed E-state index contributed by atoms with van der Waals surface area (Å²) >= 11 is 0. The number of hydrogen-bond acceptors (Lipinski definition) is 2. The summed E-state index contributed by atoms with van der Waals surface area (Å²) in [5, 5.41) is 5.84. The largest absolute Gasteiger partial charge is 0.416 e. The van der Waals surface area contributed by atoms with Gasteiger partial charge in [0, 0.05) is 12.6 Å². The summed E-state index contributed by atoms with van der Waals surface area (Å²) in [5.74, 6) is -1.78. The summed E-state index contributed by atoms with van der Waals surface area (Å²) in [6.45, 7) is 5.24. The molecule has 1 saturated heterocycles. The van der Waals surface area contributed by atoms with E-state index in [0.29, 0.717) is 37.7 Å². The first-order chi connectivity index (χ1) is 10.1. The van der Waals surface area contributed by atoms with Crippen LogP contribution in [0.5, 0.6) is 0 Å². The average molecular weight is 318 g/mol. The number of hydrogen-bond donors (Lipinski definition) is 2. The predicted molar refractivity (Wildman–Crippen MR) is 73.9 cm³/mol. The molecule has 1 aliphatic heterocycles. The summed E-state index contributed by atoms with van der Waals surface area (Å²) in [7, 11) is 0.